The highest BCUT2D eigenvalue weighted by atomic mass is 16.2. The number of carbonyl (C=O) groups excluding carboxylic acids is 1. The van der Waals surface area contributed by atoms with Crippen molar-refractivity contribution in [3.8, 4) is 0 Å². The lowest BCUT2D eigenvalue weighted by molar-refractivity contribution is 0.0109. The number of aryl methyl sites for hydroxylation is 1. The van der Waals surface area contributed by atoms with Crippen LogP contribution < -0.4 is 0 Å². The zero-order chi connectivity index (χ0) is 15.7. The molecule has 1 spiro atoms. The fourth-order valence-electron chi connectivity index (χ4n) is 3.89. The van der Waals surface area contributed by atoms with E-state index in [0.29, 0.717) is 11.2 Å². The van der Waals surface area contributed by atoms with Crippen LogP contribution in [0.2, 0.25) is 0 Å². The first kappa shape index (κ1) is 15.4. The SMILES string of the molecule is Cc1ncnc(C(=O)N2CCC3(CCCCN3C)CC2)c1C. The molecule has 2 aliphatic heterocycles. The molecule has 0 saturated carbocycles. The van der Waals surface area contributed by atoms with Gasteiger partial charge in [-0.3, -0.25) is 4.79 Å². The molecule has 2 saturated heterocycles. The lowest BCUT2D eigenvalue weighted by Gasteiger charge is -2.50. The van der Waals surface area contributed by atoms with Crippen LogP contribution in [0.4, 0.5) is 0 Å². The van der Waals surface area contributed by atoms with Gasteiger partial charge in [0.15, 0.2) is 0 Å². The maximum absolute atomic E-state index is 12.7. The van der Waals surface area contributed by atoms with Gasteiger partial charge < -0.3 is 9.80 Å². The van der Waals surface area contributed by atoms with Crippen LogP contribution in [0.25, 0.3) is 0 Å². The van der Waals surface area contributed by atoms with Crippen molar-refractivity contribution in [2.24, 2.45) is 0 Å². The molecule has 0 N–H and O–H groups in total. The van der Waals surface area contributed by atoms with E-state index < -0.39 is 0 Å². The molecule has 0 bridgehead atoms. The number of amides is 1. The molecule has 0 unspecified atom stereocenters. The van der Waals surface area contributed by atoms with Crippen molar-refractivity contribution >= 4 is 5.91 Å². The van der Waals surface area contributed by atoms with Crippen molar-refractivity contribution in [1.82, 2.24) is 19.8 Å². The highest BCUT2D eigenvalue weighted by molar-refractivity contribution is 5.93. The summed E-state index contributed by atoms with van der Waals surface area (Å²) in [6.45, 7) is 6.73. The summed E-state index contributed by atoms with van der Waals surface area (Å²) in [5.41, 5.74) is 2.69. The standard InChI is InChI=1S/C17H26N4O/c1-13-14(2)18-12-19-15(13)16(22)21-10-7-17(8-11-21)6-4-5-9-20(17)3/h12H,4-11H2,1-3H3. The molecule has 0 radical (unpaired) electrons. The number of hydrogen-bond acceptors (Lipinski definition) is 4. The van der Waals surface area contributed by atoms with E-state index in [4.69, 9.17) is 0 Å². The normalized spacial score (nSPS) is 22.0. The molecule has 3 rings (SSSR count). The van der Waals surface area contributed by atoms with E-state index in [-0.39, 0.29) is 5.91 Å². The minimum Gasteiger partial charge on any atom is -0.337 e. The molecule has 2 aliphatic rings. The number of nitrogens with zero attached hydrogens (tertiary/aromatic N) is 4. The zero-order valence-electron chi connectivity index (χ0n) is 13.9. The monoisotopic (exact) mass is 302 g/mol. The van der Waals surface area contributed by atoms with Crippen LogP contribution in [0.15, 0.2) is 6.33 Å². The second-order valence-electron chi connectivity index (χ2n) is 6.83. The highest BCUT2D eigenvalue weighted by Gasteiger charge is 2.40. The van der Waals surface area contributed by atoms with Gasteiger partial charge in [0, 0.05) is 29.9 Å². The molecular formula is C17H26N4O. The van der Waals surface area contributed by atoms with E-state index in [0.717, 1.165) is 37.2 Å². The number of rotatable bonds is 1. The summed E-state index contributed by atoms with van der Waals surface area (Å²) in [5, 5.41) is 0. The molecule has 22 heavy (non-hydrogen) atoms. The van der Waals surface area contributed by atoms with Crippen LogP contribution in [-0.4, -0.2) is 57.9 Å². The van der Waals surface area contributed by atoms with E-state index in [2.05, 4.69) is 21.9 Å². The van der Waals surface area contributed by atoms with E-state index in [1.807, 2.05) is 18.7 Å². The zero-order valence-corrected chi connectivity index (χ0v) is 13.9. The number of carbonyl (C=O) groups is 1. The quantitative estimate of drug-likeness (QED) is 0.798. The Balaban J connectivity index is 1.71. The van der Waals surface area contributed by atoms with Crippen molar-refractivity contribution in [3.63, 3.8) is 0 Å². The smallest absolute Gasteiger partial charge is 0.272 e. The van der Waals surface area contributed by atoms with Gasteiger partial charge >= 0.3 is 0 Å². The van der Waals surface area contributed by atoms with E-state index in [9.17, 15) is 4.79 Å². The van der Waals surface area contributed by atoms with Crippen molar-refractivity contribution < 1.29 is 4.79 Å². The Morgan fingerprint density at radius 2 is 1.82 bits per heavy atom. The molecule has 1 aromatic rings. The molecule has 5 nitrogen and oxygen atoms in total. The Bertz CT molecular complexity index is 564. The minimum absolute atomic E-state index is 0.0660. The van der Waals surface area contributed by atoms with E-state index >= 15 is 0 Å². The van der Waals surface area contributed by atoms with Crippen LogP contribution in [0.5, 0.6) is 0 Å². The Hall–Kier alpha value is -1.49. The van der Waals surface area contributed by atoms with Crippen molar-refractivity contribution in [2.45, 2.75) is 51.5 Å². The van der Waals surface area contributed by atoms with Crippen LogP contribution >= 0.6 is 0 Å². The summed E-state index contributed by atoms with van der Waals surface area (Å²) in [6.07, 6.45) is 7.56. The van der Waals surface area contributed by atoms with E-state index in [1.165, 1.54) is 32.1 Å². The fourth-order valence-corrected chi connectivity index (χ4v) is 3.89. The predicted octanol–water partition coefficient (Wildman–Crippen LogP) is 2.18. The van der Waals surface area contributed by atoms with Gasteiger partial charge in [-0.1, -0.05) is 6.42 Å². The van der Waals surface area contributed by atoms with Crippen LogP contribution in [0, 0.1) is 13.8 Å². The Morgan fingerprint density at radius 1 is 1.09 bits per heavy atom. The average molecular weight is 302 g/mol. The van der Waals surface area contributed by atoms with Crippen molar-refractivity contribution in [3.05, 3.63) is 23.3 Å². The number of aromatic nitrogens is 2. The highest BCUT2D eigenvalue weighted by Crippen LogP contribution is 2.36. The third kappa shape index (κ3) is 2.62. The first-order valence-electron chi connectivity index (χ1n) is 8.32. The Kier molecular flexibility index (Phi) is 4.17. The number of hydrogen-bond donors (Lipinski definition) is 0. The Labute approximate surface area is 132 Å². The average Bonchev–Trinajstić information content (AvgIpc) is 2.53. The van der Waals surface area contributed by atoms with Gasteiger partial charge in [0.1, 0.15) is 12.0 Å². The Morgan fingerprint density at radius 3 is 2.50 bits per heavy atom. The van der Waals surface area contributed by atoms with E-state index in [1.54, 1.807) is 0 Å². The molecule has 3 heterocycles. The molecule has 5 heteroatoms. The molecule has 1 amide bonds. The predicted molar refractivity (Wildman–Crippen MR) is 85.9 cm³/mol. The van der Waals surface area contributed by atoms with Crippen LogP contribution in [0.3, 0.4) is 0 Å². The van der Waals surface area contributed by atoms with Crippen molar-refractivity contribution in [2.75, 3.05) is 26.7 Å². The summed E-state index contributed by atoms with van der Waals surface area (Å²) in [4.78, 5) is 25.6. The van der Waals surface area contributed by atoms with Crippen LogP contribution in [0.1, 0.15) is 53.8 Å². The third-order valence-corrected chi connectivity index (χ3v) is 5.72. The molecule has 0 aromatic carbocycles. The summed E-state index contributed by atoms with van der Waals surface area (Å²) >= 11 is 0. The van der Waals surface area contributed by atoms with Gasteiger partial charge in [-0.2, -0.15) is 0 Å². The lowest BCUT2D eigenvalue weighted by atomic mass is 9.79. The summed E-state index contributed by atoms with van der Waals surface area (Å²) < 4.78 is 0. The summed E-state index contributed by atoms with van der Waals surface area (Å²) in [5.74, 6) is 0.0660. The van der Waals surface area contributed by atoms with Gasteiger partial charge in [-0.05, 0) is 53.1 Å². The second-order valence-corrected chi connectivity index (χ2v) is 6.83. The van der Waals surface area contributed by atoms with Gasteiger partial charge in [-0.25, -0.2) is 9.97 Å². The second kappa shape index (κ2) is 5.95. The molecular weight excluding hydrogens is 276 g/mol. The summed E-state index contributed by atoms with van der Waals surface area (Å²) in [6, 6.07) is 0. The molecule has 1 aromatic heterocycles. The number of likely N-dealkylation sites (tertiary alicyclic amines) is 2. The minimum atomic E-state index is 0.0660. The fraction of sp³-hybridized carbons (Fsp3) is 0.706. The van der Waals surface area contributed by atoms with Gasteiger partial charge in [-0.15, -0.1) is 0 Å². The molecule has 2 fully saturated rings. The maximum Gasteiger partial charge on any atom is 0.272 e. The molecule has 120 valence electrons. The third-order valence-electron chi connectivity index (χ3n) is 5.72. The van der Waals surface area contributed by atoms with Crippen molar-refractivity contribution in [1.29, 1.82) is 0 Å². The summed E-state index contributed by atoms with van der Waals surface area (Å²) in [7, 11) is 2.24. The topological polar surface area (TPSA) is 49.3 Å². The van der Waals surface area contributed by atoms with Gasteiger partial charge in [0.05, 0.1) is 0 Å². The lowest BCUT2D eigenvalue weighted by Crippen LogP contribution is -2.56. The number of piperidine rings is 2. The molecule has 0 atom stereocenters. The van der Waals surface area contributed by atoms with Crippen LogP contribution in [-0.2, 0) is 0 Å². The first-order valence-corrected chi connectivity index (χ1v) is 8.32. The maximum atomic E-state index is 12.7. The van der Waals surface area contributed by atoms with Gasteiger partial charge in [0.2, 0.25) is 0 Å². The first-order chi connectivity index (χ1) is 10.5. The van der Waals surface area contributed by atoms with Gasteiger partial charge in [0.25, 0.3) is 5.91 Å². The largest absolute Gasteiger partial charge is 0.337 e. The molecule has 0 aliphatic carbocycles.